The third-order valence-corrected chi connectivity index (χ3v) is 6.32. The highest BCUT2D eigenvalue weighted by Gasteiger charge is 2.34. The Balaban J connectivity index is 1.83. The number of fused-ring (bicyclic) bond motifs is 1. The molecule has 2 aromatic carbocycles. The first kappa shape index (κ1) is 21.2. The third kappa shape index (κ3) is 4.90. The first-order valence-electron chi connectivity index (χ1n) is 9.58. The largest absolute Gasteiger partial charge is 0.487 e. The topological polar surface area (TPSA) is 75.7 Å². The lowest BCUT2D eigenvalue weighted by Crippen LogP contribution is -2.45. The number of anilines is 1. The maximum Gasteiger partial charge on any atom is 0.241 e. The Kier molecular flexibility index (Phi) is 5.63. The second-order valence-electron chi connectivity index (χ2n) is 8.26. The normalized spacial score (nSPS) is 17.8. The average molecular weight is 417 g/mol. The zero-order valence-electron chi connectivity index (χ0n) is 17.5. The number of sulfonamides is 1. The Labute approximate surface area is 172 Å². The number of para-hydroxylation sites is 1. The summed E-state index contributed by atoms with van der Waals surface area (Å²) < 4.78 is 31.9. The SMILES string of the molecule is Cc1ccc(N(CC(=O)N[C@@H]2CC(C)(C)Oc3ccccc32)S(C)(=O)=O)cc1C. The number of carbonyl (C=O) groups is 1. The van der Waals surface area contributed by atoms with Crippen molar-refractivity contribution in [3.63, 3.8) is 0 Å². The summed E-state index contributed by atoms with van der Waals surface area (Å²) in [5.41, 5.74) is 2.98. The molecule has 156 valence electrons. The fourth-order valence-electron chi connectivity index (χ4n) is 3.58. The van der Waals surface area contributed by atoms with Crippen LogP contribution < -0.4 is 14.4 Å². The summed E-state index contributed by atoms with van der Waals surface area (Å²) in [4.78, 5) is 12.9. The molecule has 0 saturated carbocycles. The van der Waals surface area contributed by atoms with E-state index in [1.165, 1.54) is 0 Å². The molecule has 0 aliphatic carbocycles. The van der Waals surface area contributed by atoms with Crippen LogP contribution in [0.5, 0.6) is 5.75 Å². The van der Waals surface area contributed by atoms with Crippen molar-refractivity contribution in [3.8, 4) is 5.75 Å². The third-order valence-electron chi connectivity index (χ3n) is 5.18. The molecule has 1 N–H and O–H groups in total. The monoisotopic (exact) mass is 416 g/mol. The molecular formula is C22H28N2O4S. The predicted octanol–water partition coefficient (Wildman–Crippen LogP) is 3.49. The van der Waals surface area contributed by atoms with Crippen molar-refractivity contribution in [3.05, 3.63) is 59.2 Å². The zero-order valence-corrected chi connectivity index (χ0v) is 18.3. The molecule has 7 heteroatoms. The molecule has 0 unspecified atom stereocenters. The molecule has 1 heterocycles. The highest BCUT2D eigenvalue weighted by atomic mass is 32.2. The Hall–Kier alpha value is -2.54. The standard InChI is InChI=1S/C22H28N2O4S/c1-15-10-11-17(12-16(15)2)24(29(5,26)27)14-21(25)23-19-13-22(3,4)28-20-9-7-6-8-18(19)20/h6-12,19H,13-14H2,1-5H3,(H,23,25)/t19-/m1/s1. The lowest BCUT2D eigenvalue weighted by Gasteiger charge is -2.38. The summed E-state index contributed by atoms with van der Waals surface area (Å²) >= 11 is 0. The minimum atomic E-state index is -3.62. The summed E-state index contributed by atoms with van der Waals surface area (Å²) in [6.45, 7) is 7.54. The van der Waals surface area contributed by atoms with E-state index in [1.807, 2.05) is 58.0 Å². The number of nitrogens with zero attached hydrogens (tertiary/aromatic N) is 1. The number of aryl methyl sites for hydroxylation is 2. The van der Waals surface area contributed by atoms with Gasteiger partial charge in [0, 0.05) is 12.0 Å². The highest BCUT2D eigenvalue weighted by molar-refractivity contribution is 7.92. The quantitative estimate of drug-likeness (QED) is 0.810. The molecule has 1 aliphatic heterocycles. The fourth-order valence-corrected chi connectivity index (χ4v) is 4.43. The molecule has 6 nitrogen and oxygen atoms in total. The molecule has 1 aliphatic rings. The van der Waals surface area contributed by atoms with Crippen LogP contribution >= 0.6 is 0 Å². The van der Waals surface area contributed by atoms with Crippen molar-refractivity contribution in [1.29, 1.82) is 0 Å². The van der Waals surface area contributed by atoms with Crippen LogP contribution in [-0.4, -0.2) is 32.7 Å². The minimum absolute atomic E-state index is 0.247. The van der Waals surface area contributed by atoms with Crippen molar-refractivity contribution < 1.29 is 17.9 Å². The molecule has 29 heavy (non-hydrogen) atoms. The molecular weight excluding hydrogens is 388 g/mol. The molecule has 0 saturated heterocycles. The number of rotatable bonds is 5. The van der Waals surface area contributed by atoms with E-state index in [0.717, 1.165) is 33.0 Å². The van der Waals surface area contributed by atoms with Crippen molar-refractivity contribution in [2.45, 2.75) is 45.8 Å². The first-order chi connectivity index (χ1) is 13.5. The number of ether oxygens (including phenoxy) is 1. The number of carbonyl (C=O) groups excluding carboxylic acids is 1. The maximum atomic E-state index is 12.9. The summed E-state index contributed by atoms with van der Waals surface area (Å²) in [5.74, 6) is 0.384. The maximum absolute atomic E-state index is 12.9. The molecule has 3 rings (SSSR count). The Morgan fingerprint density at radius 3 is 2.52 bits per heavy atom. The number of amides is 1. The van der Waals surface area contributed by atoms with Gasteiger partial charge in [-0.1, -0.05) is 24.3 Å². The lowest BCUT2D eigenvalue weighted by atomic mass is 9.89. The number of benzene rings is 2. The minimum Gasteiger partial charge on any atom is -0.487 e. The van der Waals surface area contributed by atoms with Gasteiger partial charge < -0.3 is 10.1 Å². The predicted molar refractivity (Wildman–Crippen MR) is 115 cm³/mol. The second kappa shape index (κ2) is 7.71. The van der Waals surface area contributed by atoms with E-state index in [1.54, 1.807) is 12.1 Å². The fraction of sp³-hybridized carbons (Fsp3) is 0.409. The number of nitrogens with one attached hydrogen (secondary N) is 1. The van der Waals surface area contributed by atoms with Crippen LogP contribution in [-0.2, 0) is 14.8 Å². The summed E-state index contributed by atoms with van der Waals surface area (Å²) in [5, 5.41) is 3.00. The van der Waals surface area contributed by atoms with Gasteiger partial charge >= 0.3 is 0 Å². The molecule has 1 atom stereocenters. The molecule has 0 radical (unpaired) electrons. The highest BCUT2D eigenvalue weighted by Crippen LogP contribution is 2.39. The van der Waals surface area contributed by atoms with Gasteiger partial charge in [-0.2, -0.15) is 0 Å². The number of hydrogen-bond donors (Lipinski definition) is 1. The van der Waals surface area contributed by atoms with Gasteiger partial charge in [0.05, 0.1) is 18.0 Å². The second-order valence-corrected chi connectivity index (χ2v) is 10.2. The van der Waals surface area contributed by atoms with Gasteiger partial charge in [-0.3, -0.25) is 9.10 Å². The van der Waals surface area contributed by atoms with Crippen LogP contribution in [0.15, 0.2) is 42.5 Å². The first-order valence-corrected chi connectivity index (χ1v) is 11.4. The van der Waals surface area contributed by atoms with Gasteiger partial charge in [0.1, 0.15) is 17.9 Å². The van der Waals surface area contributed by atoms with E-state index in [9.17, 15) is 13.2 Å². The Morgan fingerprint density at radius 2 is 1.86 bits per heavy atom. The van der Waals surface area contributed by atoms with Crippen LogP contribution in [0.1, 0.15) is 43.0 Å². The molecule has 0 fully saturated rings. The van der Waals surface area contributed by atoms with Gasteiger partial charge in [-0.25, -0.2) is 8.42 Å². The summed E-state index contributed by atoms with van der Waals surface area (Å²) in [6.07, 6.45) is 1.71. The van der Waals surface area contributed by atoms with Crippen molar-refractivity contribution in [2.24, 2.45) is 0 Å². The average Bonchev–Trinajstić information content (AvgIpc) is 2.60. The summed E-state index contributed by atoms with van der Waals surface area (Å²) in [6, 6.07) is 12.7. The zero-order chi connectivity index (χ0) is 21.4. The van der Waals surface area contributed by atoms with Gasteiger partial charge in [-0.15, -0.1) is 0 Å². The van der Waals surface area contributed by atoms with Crippen LogP contribution in [0.2, 0.25) is 0 Å². The van der Waals surface area contributed by atoms with E-state index in [0.29, 0.717) is 12.1 Å². The molecule has 2 aromatic rings. The van der Waals surface area contributed by atoms with Crippen molar-refractivity contribution in [1.82, 2.24) is 5.32 Å². The van der Waals surface area contributed by atoms with Crippen molar-refractivity contribution >= 4 is 21.6 Å². The van der Waals surface area contributed by atoms with E-state index in [4.69, 9.17) is 4.74 Å². The van der Waals surface area contributed by atoms with Gasteiger partial charge in [0.15, 0.2) is 0 Å². The van der Waals surface area contributed by atoms with Gasteiger partial charge in [0.25, 0.3) is 0 Å². The van der Waals surface area contributed by atoms with E-state index >= 15 is 0 Å². The van der Waals surface area contributed by atoms with E-state index < -0.39 is 15.6 Å². The van der Waals surface area contributed by atoms with E-state index in [2.05, 4.69) is 5.32 Å². The molecule has 1 amide bonds. The van der Waals surface area contributed by atoms with Crippen molar-refractivity contribution in [2.75, 3.05) is 17.1 Å². The Bertz CT molecular complexity index is 1030. The van der Waals surface area contributed by atoms with Crippen LogP contribution in [0.25, 0.3) is 0 Å². The number of hydrogen-bond acceptors (Lipinski definition) is 4. The van der Waals surface area contributed by atoms with Gasteiger partial charge in [-0.05, 0) is 57.0 Å². The smallest absolute Gasteiger partial charge is 0.241 e. The van der Waals surface area contributed by atoms with Crippen LogP contribution in [0, 0.1) is 13.8 Å². The van der Waals surface area contributed by atoms with Crippen LogP contribution in [0.4, 0.5) is 5.69 Å². The lowest BCUT2D eigenvalue weighted by molar-refractivity contribution is -0.120. The summed E-state index contributed by atoms with van der Waals surface area (Å²) in [7, 11) is -3.62. The molecule has 0 aromatic heterocycles. The van der Waals surface area contributed by atoms with E-state index in [-0.39, 0.29) is 18.5 Å². The van der Waals surface area contributed by atoms with Crippen LogP contribution in [0.3, 0.4) is 0 Å². The molecule has 0 bridgehead atoms. The Morgan fingerprint density at radius 1 is 1.17 bits per heavy atom. The molecule has 0 spiro atoms. The van der Waals surface area contributed by atoms with Gasteiger partial charge in [0.2, 0.25) is 15.9 Å².